The fourth-order valence-corrected chi connectivity index (χ4v) is 3.35. The van der Waals surface area contributed by atoms with E-state index in [1.807, 2.05) is 30.0 Å². The van der Waals surface area contributed by atoms with Crippen LogP contribution >= 0.6 is 11.3 Å². The molecule has 0 radical (unpaired) electrons. The number of carbonyl (C=O) groups excluding carboxylic acids is 1. The van der Waals surface area contributed by atoms with Crippen LogP contribution < -0.4 is 5.32 Å². The molecule has 5 nitrogen and oxygen atoms in total. The van der Waals surface area contributed by atoms with Gasteiger partial charge in [0.25, 0.3) is 5.91 Å². The number of likely N-dealkylation sites (tertiary alicyclic amines) is 1. The average Bonchev–Trinajstić information content (AvgIpc) is 2.95. The van der Waals surface area contributed by atoms with Gasteiger partial charge < -0.3 is 10.2 Å². The SMILES string of the molecule is Cc1ccc(C(=O)N2CCC(Nc3ccncn3)CC2)s1. The van der Waals surface area contributed by atoms with Gasteiger partial charge in [-0.1, -0.05) is 0 Å². The second kappa shape index (κ2) is 6.22. The molecule has 2 aromatic heterocycles. The monoisotopic (exact) mass is 302 g/mol. The molecule has 1 aliphatic rings. The number of rotatable bonds is 3. The van der Waals surface area contributed by atoms with Gasteiger partial charge in [0, 0.05) is 30.2 Å². The highest BCUT2D eigenvalue weighted by Gasteiger charge is 2.24. The average molecular weight is 302 g/mol. The summed E-state index contributed by atoms with van der Waals surface area (Å²) in [4.78, 5) is 24.4. The molecule has 3 heterocycles. The molecule has 1 amide bonds. The van der Waals surface area contributed by atoms with Gasteiger partial charge in [0.1, 0.15) is 12.1 Å². The van der Waals surface area contributed by atoms with E-state index in [4.69, 9.17) is 0 Å². The molecule has 0 spiro atoms. The number of hydrogen-bond donors (Lipinski definition) is 1. The van der Waals surface area contributed by atoms with Crippen LogP contribution in [-0.4, -0.2) is 39.9 Å². The van der Waals surface area contributed by atoms with Gasteiger partial charge in [-0.3, -0.25) is 4.79 Å². The van der Waals surface area contributed by atoms with E-state index in [2.05, 4.69) is 15.3 Å². The van der Waals surface area contributed by atoms with Crippen molar-refractivity contribution in [2.45, 2.75) is 25.8 Å². The van der Waals surface area contributed by atoms with E-state index in [-0.39, 0.29) is 5.91 Å². The predicted octanol–water partition coefficient (Wildman–Crippen LogP) is 2.56. The van der Waals surface area contributed by atoms with Crippen LogP contribution in [0.5, 0.6) is 0 Å². The molecule has 0 aromatic carbocycles. The van der Waals surface area contributed by atoms with E-state index in [0.717, 1.165) is 36.6 Å². The first kappa shape index (κ1) is 14.0. The molecule has 2 aromatic rings. The van der Waals surface area contributed by atoms with Crippen molar-refractivity contribution in [1.82, 2.24) is 14.9 Å². The maximum atomic E-state index is 12.4. The Hall–Kier alpha value is -1.95. The Morgan fingerprint density at radius 3 is 2.76 bits per heavy atom. The molecule has 1 fully saturated rings. The Morgan fingerprint density at radius 1 is 1.33 bits per heavy atom. The lowest BCUT2D eigenvalue weighted by atomic mass is 10.0. The Bertz CT molecular complexity index is 605. The molecule has 0 unspecified atom stereocenters. The molecule has 0 atom stereocenters. The number of aryl methyl sites for hydroxylation is 1. The van der Waals surface area contributed by atoms with Crippen molar-refractivity contribution in [3.63, 3.8) is 0 Å². The van der Waals surface area contributed by atoms with Crippen LogP contribution in [0.2, 0.25) is 0 Å². The molecule has 3 rings (SSSR count). The highest BCUT2D eigenvalue weighted by atomic mass is 32.1. The van der Waals surface area contributed by atoms with Gasteiger partial charge in [0.05, 0.1) is 4.88 Å². The van der Waals surface area contributed by atoms with E-state index in [9.17, 15) is 4.79 Å². The molecule has 21 heavy (non-hydrogen) atoms. The third-order valence-electron chi connectivity index (χ3n) is 3.67. The Morgan fingerprint density at radius 2 is 2.14 bits per heavy atom. The highest BCUT2D eigenvalue weighted by Crippen LogP contribution is 2.21. The number of piperidine rings is 1. The predicted molar refractivity (Wildman–Crippen MR) is 83.6 cm³/mol. The fourth-order valence-electron chi connectivity index (χ4n) is 2.52. The zero-order chi connectivity index (χ0) is 14.7. The van der Waals surface area contributed by atoms with Crippen LogP contribution in [-0.2, 0) is 0 Å². The van der Waals surface area contributed by atoms with Gasteiger partial charge in [-0.25, -0.2) is 9.97 Å². The Labute approximate surface area is 128 Å². The van der Waals surface area contributed by atoms with Gasteiger partial charge in [-0.2, -0.15) is 0 Å². The summed E-state index contributed by atoms with van der Waals surface area (Å²) in [6, 6.07) is 6.16. The molecule has 0 saturated carbocycles. The van der Waals surface area contributed by atoms with Crippen LogP contribution in [0.4, 0.5) is 5.82 Å². The largest absolute Gasteiger partial charge is 0.367 e. The zero-order valence-electron chi connectivity index (χ0n) is 12.0. The summed E-state index contributed by atoms with van der Waals surface area (Å²) in [5.41, 5.74) is 0. The first-order chi connectivity index (χ1) is 10.2. The molecule has 6 heteroatoms. The molecular formula is C15H18N4OS. The summed E-state index contributed by atoms with van der Waals surface area (Å²) in [7, 11) is 0. The number of hydrogen-bond acceptors (Lipinski definition) is 5. The van der Waals surface area contributed by atoms with Crippen LogP contribution in [0.15, 0.2) is 30.7 Å². The quantitative estimate of drug-likeness (QED) is 0.946. The van der Waals surface area contributed by atoms with Gasteiger partial charge >= 0.3 is 0 Å². The van der Waals surface area contributed by atoms with E-state index >= 15 is 0 Å². The third kappa shape index (κ3) is 3.39. The van der Waals surface area contributed by atoms with Crippen LogP contribution in [0.25, 0.3) is 0 Å². The minimum atomic E-state index is 0.161. The minimum Gasteiger partial charge on any atom is -0.367 e. The lowest BCUT2D eigenvalue weighted by Crippen LogP contribution is -2.42. The van der Waals surface area contributed by atoms with Crippen molar-refractivity contribution in [2.24, 2.45) is 0 Å². The van der Waals surface area contributed by atoms with Crippen LogP contribution in [0.3, 0.4) is 0 Å². The Balaban J connectivity index is 1.54. The van der Waals surface area contributed by atoms with E-state index < -0.39 is 0 Å². The smallest absolute Gasteiger partial charge is 0.263 e. The first-order valence-corrected chi connectivity index (χ1v) is 7.92. The molecule has 110 valence electrons. The van der Waals surface area contributed by atoms with Gasteiger partial charge in [0.2, 0.25) is 0 Å². The number of nitrogens with zero attached hydrogens (tertiary/aromatic N) is 3. The number of aromatic nitrogens is 2. The second-order valence-corrected chi connectivity index (χ2v) is 6.50. The maximum Gasteiger partial charge on any atom is 0.263 e. The number of anilines is 1. The first-order valence-electron chi connectivity index (χ1n) is 7.10. The molecule has 1 aliphatic heterocycles. The molecule has 0 bridgehead atoms. The van der Waals surface area contributed by atoms with Crippen molar-refractivity contribution in [2.75, 3.05) is 18.4 Å². The van der Waals surface area contributed by atoms with E-state index in [0.29, 0.717) is 6.04 Å². The minimum absolute atomic E-state index is 0.161. The van der Waals surface area contributed by atoms with Crippen molar-refractivity contribution in [3.8, 4) is 0 Å². The third-order valence-corrected chi connectivity index (χ3v) is 4.66. The lowest BCUT2D eigenvalue weighted by molar-refractivity contribution is 0.0723. The van der Waals surface area contributed by atoms with E-state index in [1.165, 1.54) is 4.88 Å². The second-order valence-electron chi connectivity index (χ2n) is 5.22. The number of thiophene rings is 1. The van der Waals surface area contributed by atoms with Crippen LogP contribution in [0.1, 0.15) is 27.4 Å². The molecular weight excluding hydrogens is 284 g/mol. The summed E-state index contributed by atoms with van der Waals surface area (Å²) < 4.78 is 0. The standard InChI is InChI=1S/C15H18N4OS/c1-11-2-3-13(21-11)15(20)19-8-5-12(6-9-19)18-14-4-7-16-10-17-14/h2-4,7,10,12H,5-6,8-9H2,1H3,(H,16,17,18). The lowest BCUT2D eigenvalue weighted by Gasteiger charge is -2.32. The van der Waals surface area contributed by atoms with Crippen molar-refractivity contribution < 1.29 is 4.79 Å². The number of carbonyl (C=O) groups is 1. The van der Waals surface area contributed by atoms with Gasteiger partial charge in [0.15, 0.2) is 0 Å². The van der Waals surface area contributed by atoms with Gasteiger partial charge in [-0.15, -0.1) is 11.3 Å². The highest BCUT2D eigenvalue weighted by molar-refractivity contribution is 7.13. The number of amides is 1. The molecule has 1 saturated heterocycles. The normalized spacial score (nSPS) is 16.0. The molecule has 1 N–H and O–H groups in total. The van der Waals surface area contributed by atoms with Crippen molar-refractivity contribution in [1.29, 1.82) is 0 Å². The maximum absolute atomic E-state index is 12.4. The van der Waals surface area contributed by atoms with Crippen LogP contribution in [0, 0.1) is 6.92 Å². The summed E-state index contributed by atoms with van der Waals surface area (Å²) in [5.74, 6) is 1.01. The van der Waals surface area contributed by atoms with E-state index in [1.54, 1.807) is 23.9 Å². The van der Waals surface area contributed by atoms with Crippen molar-refractivity contribution >= 4 is 23.1 Å². The van der Waals surface area contributed by atoms with Crippen molar-refractivity contribution in [3.05, 3.63) is 40.5 Å². The summed E-state index contributed by atoms with van der Waals surface area (Å²) >= 11 is 1.57. The topological polar surface area (TPSA) is 58.1 Å². The summed E-state index contributed by atoms with van der Waals surface area (Å²) in [6.45, 7) is 3.61. The Kier molecular flexibility index (Phi) is 4.15. The number of nitrogens with one attached hydrogen (secondary N) is 1. The fraction of sp³-hybridized carbons (Fsp3) is 0.400. The summed E-state index contributed by atoms with van der Waals surface area (Å²) in [6.07, 6.45) is 5.16. The summed E-state index contributed by atoms with van der Waals surface area (Å²) in [5, 5.41) is 3.40. The zero-order valence-corrected chi connectivity index (χ0v) is 12.8. The van der Waals surface area contributed by atoms with Gasteiger partial charge in [-0.05, 0) is 38.0 Å². The molecule has 0 aliphatic carbocycles.